The molecule has 2 nitrogen and oxygen atoms in total. The molecule has 1 heterocycles. The van der Waals surface area contributed by atoms with Crippen LogP contribution in [0.3, 0.4) is 0 Å². The summed E-state index contributed by atoms with van der Waals surface area (Å²) in [6, 6.07) is 7.18. The summed E-state index contributed by atoms with van der Waals surface area (Å²) in [4.78, 5) is 13.9. The Morgan fingerprint density at radius 1 is 1.22 bits per heavy atom. The van der Waals surface area contributed by atoms with Crippen LogP contribution >= 0.6 is 15.9 Å². The van der Waals surface area contributed by atoms with Gasteiger partial charge in [-0.05, 0) is 18.1 Å². The largest absolute Gasteiger partial charge is 0.322 e. The van der Waals surface area contributed by atoms with Crippen LogP contribution in [0.25, 0.3) is 10.9 Å². The fourth-order valence-corrected chi connectivity index (χ4v) is 2.08. The van der Waals surface area contributed by atoms with E-state index in [0.29, 0.717) is 5.46 Å². The molecule has 0 atom stereocenters. The maximum Gasteiger partial charge on any atom is 0.248 e. The molecule has 1 N–H and O–H groups in total. The summed E-state index contributed by atoms with van der Waals surface area (Å²) in [5.41, 5.74) is 2.42. The van der Waals surface area contributed by atoms with Crippen molar-refractivity contribution in [3.63, 3.8) is 0 Å². The Kier molecular flexibility index (Phi) is 6.20. The van der Waals surface area contributed by atoms with Crippen LogP contribution in [0.1, 0.15) is 25.8 Å². The topological polar surface area (TPSA) is 32.9 Å². The number of aryl methyl sites for hydroxylation is 1. The molecule has 0 aliphatic heterocycles. The minimum Gasteiger partial charge on any atom is -0.322 e. The van der Waals surface area contributed by atoms with Gasteiger partial charge in [-0.25, -0.2) is 0 Å². The Bertz CT molecular complexity index is 565. The molecule has 0 amide bonds. The molecule has 94 valence electrons. The number of hydrogen-bond donors (Lipinski definition) is 1. The Morgan fingerprint density at radius 2 is 1.89 bits per heavy atom. The molecule has 0 bridgehead atoms. The SMILES string of the molecule is CCC.[B]c1ccc(CCBr)c2ccc(=O)[nH]c12. The molecule has 0 aliphatic carbocycles. The first-order valence-corrected chi connectivity index (χ1v) is 7.22. The number of alkyl halides is 1. The highest BCUT2D eigenvalue weighted by Gasteiger charge is 2.03. The number of H-pyrrole nitrogens is 1. The van der Waals surface area contributed by atoms with Crippen molar-refractivity contribution in [1.29, 1.82) is 0 Å². The highest BCUT2D eigenvalue weighted by atomic mass is 79.9. The van der Waals surface area contributed by atoms with E-state index in [1.54, 1.807) is 0 Å². The molecule has 0 saturated heterocycles. The summed E-state index contributed by atoms with van der Waals surface area (Å²) in [6.45, 7) is 4.25. The standard InChI is InChI=1S/C11H9BBrNO.C3H8/c12-9-3-1-7(5-6-13)8-2-4-10(15)14-11(8)9;1-3-2/h1-4H,5-6H2,(H,14,15);3H2,1-2H3. The van der Waals surface area contributed by atoms with Crippen LogP contribution in [-0.4, -0.2) is 18.2 Å². The zero-order valence-corrected chi connectivity index (χ0v) is 12.4. The predicted molar refractivity (Wildman–Crippen MR) is 83.4 cm³/mol. The Hall–Kier alpha value is -1.03. The van der Waals surface area contributed by atoms with E-state index in [4.69, 9.17) is 7.85 Å². The average Bonchev–Trinajstić information content (AvgIpc) is 2.34. The van der Waals surface area contributed by atoms with Crippen LogP contribution in [0, 0.1) is 0 Å². The van der Waals surface area contributed by atoms with Crippen LogP contribution < -0.4 is 11.0 Å². The first-order valence-electron chi connectivity index (χ1n) is 6.10. The van der Waals surface area contributed by atoms with Gasteiger partial charge in [-0.3, -0.25) is 4.79 Å². The minimum atomic E-state index is -0.120. The zero-order valence-electron chi connectivity index (χ0n) is 10.8. The number of nitrogens with one attached hydrogen (secondary N) is 1. The van der Waals surface area contributed by atoms with Crippen molar-refractivity contribution in [1.82, 2.24) is 4.98 Å². The highest BCUT2D eigenvalue weighted by Crippen LogP contribution is 2.14. The fraction of sp³-hybridized carbons (Fsp3) is 0.357. The number of pyridine rings is 1. The van der Waals surface area contributed by atoms with Crippen molar-refractivity contribution in [3.8, 4) is 0 Å². The monoisotopic (exact) mass is 305 g/mol. The Morgan fingerprint density at radius 3 is 2.50 bits per heavy atom. The molecule has 18 heavy (non-hydrogen) atoms. The lowest BCUT2D eigenvalue weighted by Crippen LogP contribution is -2.13. The number of halogens is 1. The summed E-state index contributed by atoms with van der Waals surface area (Å²) >= 11 is 3.40. The van der Waals surface area contributed by atoms with Gasteiger partial charge < -0.3 is 4.98 Å². The predicted octanol–water partition coefficient (Wildman–Crippen LogP) is 2.68. The van der Waals surface area contributed by atoms with Gasteiger partial charge in [-0.2, -0.15) is 0 Å². The fourth-order valence-electron chi connectivity index (χ4n) is 1.65. The van der Waals surface area contributed by atoms with Crippen molar-refractivity contribution in [2.24, 2.45) is 0 Å². The second-order valence-electron chi connectivity index (χ2n) is 4.07. The summed E-state index contributed by atoms with van der Waals surface area (Å²) in [5.74, 6) is 0. The molecule has 1 aromatic carbocycles. The van der Waals surface area contributed by atoms with Crippen molar-refractivity contribution >= 4 is 40.1 Å². The van der Waals surface area contributed by atoms with Gasteiger partial charge in [0.15, 0.2) is 0 Å². The minimum absolute atomic E-state index is 0.120. The highest BCUT2D eigenvalue weighted by molar-refractivity contribution is 9.09. The number of hydrogen-bond acceptors (Lipinski definition) is 1. The van der Waals surface area contributed by atoms with Gasteiger partial charge in [-0.1, -0.05) is 53.8 Å². The van der Waals surface area contributed by atoms with Crippen LogP contribution in [-0.2, 0) is 6.42 Å². The molecule has 2 radical (unpaired) electrons. The number of benzene rings is 1. The third-order valence-corrected chi connectivity index (χ3v) is 2.78. The van der Waals surface area contributed by atoms with Crippen LogP contribution in [0.15, 0.2) is 29.1 Å². The first kappa shape index (κ1) is 15.0. The Balaban J connectivity index is 0.000000492. The summed E-state index contributed by atoms with van der Waals surface area (Å²) in [7, 11) is 5.81. The lowest BCUT2D eigenvalue weighted by molar-refractivity contribution is 1.09. The van der Waals surface area contributed by atoms with E-state index in [0.717, 1.165) is 22.7 Å². The van der Waals surface area contributed by atoms with Gasteiger partial charge in [0, 0.05) is 22.3 Å². The lowest BCUT2D eigenvalue weighted by atomic mass is 9.90. The smallest absolute Gasteiger partial charge is 0.248 e. The molecule has 4 heteroatoms. The van der Waals surface area contributed by atoms with Gasteiger partial charge in [-0.15, -0.1) is 0 Å². The van der Waals surface area contributed by atoms with Crippen LogP contribution in [0.2, 0.25) is 0 Å². The number of fused-ring (bicyclic) bond motifs is 1. The molecule has 1 aromatic heterocycles. The van der Waals surface area contributed by atoms with Gasteiger partial charge >= 0.3 is 0 Å². The van der Waals surface area contributed by atoms with Crippen LogP contribution in [0.5, 0.6) is 0 Å². The van der Waals surface area contributed by atoms with E-state index >= 15 is 0 Å². The molecule has 2 aromatic rings. The normalized spacial score (nSPS) is 9.94. The summed E-state index contributed by atoms with van der Waals surface area (Å²) < 4.78 is 0. The van der Waals surface area contributed by atoms with Gasteiger partial charge in [0.2, 0.25) is 5.56 Å². The average molecular weight is 306 g/mol. The number of aromatic nitrogens is 1. The maximum atomic E-state index is 11.2. The molecular formula is C14H17BBrNO. The first-order chi connectivity index (χ1) is 8.63. The number of aromatic amines is 1. The molecule has 0 unspecified atom stereocenters. The van der Waals surface area contributed by atoms with E-state index in [-0.39, 0.29) is 5.56 Å². The molecule has 0 spiro atoms. The summed E-state index contributed by atoms with van der Waals surface area (Å²) in [5, 5.41) is 1.92. The molecule has 0 saturated carbocycles. The zero-order chi connectivity index (χ0) is 13.5. The van der Waals surface area contributed by atoms with Crippen molar-refractivity contribution < 1.29 is 0 Å². The molecule has 0 aliphatic rings. The Labute approximate surface area is 117 Å². The van der Waals surface area contributed by atoms with E-state index in [9.17, 15) is 4.79 Å². The van der Waals surface area contributed by atoms with Gasteiger partial charge in [0.25, 0.3) is 0 Å². The van der Waals surface area contributed by atoms with Gasteiger partial charge in [0.05, 0.1) is 0 Å². The molecule has 2 rings (SSSR count). The number of rotatable bonds is 2. The van der Waals surface area contributed by atoms with Crippen molar-refractivity contribution in [2.75, 3.05) is 5.33 Å². The lowest BCUT2D eigenvalue weighted by Gasteiger charge is -2.07. The van der Waals surface area contributed by atoms with E-state index in [2.05, 4.69) is 34.8 Å². The molecule has 0 fully saturated rings. The van der Waals surface area contributed by atoms with E-state index in [1.165, 1.54) is 18.1 Å². The second kappa shape index (κ2) is 7.42. The molecular weight excluding hydrogens is 289 g/mol. The second-order valence-corrected chi connectivity index (χ2v) is 4.86. The van der Waals surface area contributed by atoms with E-state index in [1.807, 2.05) is 18.2 Å². The van der Waals surface area contributed by atoms with Gasteiger partial charge in [0.1, 0.15) is 7.85 Å². The van der Waals surface area contributed by atoms with Crippen molar-refractivity contribution in [2.45, 2.75) is 26.7 Å². The van der Waals surface area contributed by atoms with Crippen molar-refractivity contribution in [3.05, 3.63) is 40.2 Å². The summed E-state index contributed by atoms with van der Waals surface area (Å²) in [6.07, 6.45) is 2.17. The van der Waals surface area contributed by atoms with E-state index < -0.39 is 0 Å². The maximum absolute atomic E-state index is 11.2. The van der Waals surface area contributed by atoms with Crippen LogP contribution in [0.4, 0.5) is 0 Å². The third kappa shape index (κ3) is 3.74. The third-order valence-electron chi connectivity index (χ3n) is 2.38. The quantitative estimate of drug-likeness (QED) is 0.671.